The van der Waals surface area contributed by atoms with Gasteiger partial charge in [0.25, 0.3) is 0 Å². The van der Waals surface area contributed by atoms with Gasteiger partial charge >= 0.3 is 47.8 Å². The predicted molar refractivity (Wildman–Crippen MR) is 311 cm³/mol. The van der Waals surface area contributed by atoms with Crippen molar-refractivity contribution in [3.8, 4) is 0 Å². The lowest BCUT2D eigenvalue weighted by atomic mass is 9.92. The highest BCUT2D eigenvalue weighted by molar-refractivity contribution is 5.73. The monoisotopic (exact) mass is 1260 g/mol. The number of rotatable bonds is 40. The molecule has 0 aromatic carbocycles. The van der Waals surface area contributed by atoms with Crippen LogP contribution in [0.3, 0.4) is 0 Å². The summed E-state index contributed by atoms with van der Waals surface area (Å²) < 4.78 is 79.2. The Morgan fingerprint density at radius 1 is 0.273 bits per heavy atom. The van der Waals surface area contributed by atoms with E-state index >= 15 is 0 Å². The van der Waals surface area contributed by atoms with Crippen LogP contribution in [0.4, 0.5) is 0 Å². The number of hydrogen-bond donors (Lipinski definition) is 0. The third-order valence-corrected chi connectivity index (χ3v) is 16.1. The van der Waals surface area contributed by atoms with Gasteiger partial charge in [0.05, 0.1) is 131 Å². The zero-order chi connectivity index (χ0) is 62.5. The first-order valence-electron chi connectivity index (χ1n) is 31.5. The number of carbonyl (C=O) groups excluding carboxylic acids is 8. The van der Waals surface area contributed by atoms with Crippen molar-refractivity contribution in [2.45, 2.75) is 51.4 Å². The Bertz CT molecular complexity index is 1750. The molecule has 6 saturated heterocycles. The molecule has 29 nitrogen and oxygen atoms in total. The van der Waals surface area contributed by atoms with E-state index in [1.807, 2.05) is 0 Å². The summed E-state index contributed by atoms with van der Waals surface area (Å²) in [5.74, 6) is -4.58. The summed E-state index contributed by atoms with van der Waals surface area (Å²) in [6, 6.07) is 0. The summed E-state index contributed by atoms with van der Waals surface area (Å²) in [5.41, 5.74) is -2.97. The minimum Gasteiger partial charge on any atom is -0.465 e. The third-order valence-electron chi connectivity index (χ3n) is 16.1. The lowest BCUT2D eigenvalue weighted by Crippen LogP contribution is -2.45. The minimum absolute atomic E-state index is 0.0533. The van der Waals surface area contributed by atoms with Gasteiger partial charge < -0.3 is 71.2 Å². The van der Waals surface area contributed by atoms with Crippen LogP contribution in [-0.2, 0) is 105 Å². The fraction of sp³-hybridized carbons (Fsp3) is 0.864. The van der Waals surface area contributed by atoms with E-state index in [1.165, 1.54) is 0 Å². The van der Waals surface area contributed by atoms with Gasteiger partial charge in [-0.05, 0) is 7.05 Å². The molecule has 0 amide bonds. The van der Waals surface area contributed by atoms with Crippen LogP contribution in [-0.4, -0.2) is 352 Å². The van der Waals surface area contributed by atoms with Gasteiger partial charge in [0.2, 0.25) is 0 Å². The average molecular weight is 1260 g/mol. The van der Waals surface area contributed by atoms with Gasteiger partial charge in [-0.3, -0.25) is 67.8 Å². The molecule has 6 rings (SSSR count). The van der Waals surface area contributed by atoms with Crippen LogP contribution in [0.5, 0.6) is 0 Å². The maximum atomic E-state index is 13.6. The largest absolute Gasteiger partial charge is 0.465 e. The van der Waals surface area contributed by atoms with Crippen LogP contribution >= 0.6 is 0 Å². The summed E-state index contributed by atoms with van der Waals surface area (Å²) in [6.45, 7) is 14.1. The molecule has 0 aromatic heterocycles. The Labute approximate surface area is 517 Å². The zero-order valence-electron chi connectivity index (χ0n) is 52.1. The van der Waals surface area contributed by atoms with Crippen LogP contribution in [0.15, 0.2) is 0 Å². The number of esters is 8. The second-order valence-electron chi connectivity index (χ2n) is 23.3. The first-order valence-corrected chi connectivity index (χ1v) is 31.5. The van der Waals surface area contributed by atoms with E-state index in [9.17, 15) is 38.4 Å². The molecule has 0 aromatic rings. The number of carbonyl (C=O) groups is 8. The number of morpholine rings is 6. The molecule has 0 atom stereocenters. The Morgan fingerprint density at radius 3 is 0.580 bits per heavy atom. The van der Waals surface area contributed by atoms with Crippen molar-refractivity contribution in [1.82, 2.24) is 34.3 Å². The summed E-state index contributed by atoms with van der Waals surface area (Å²) in [6.07, 6.45) is 0.00146. The Hall–Kier alpha value is -4.76. The van der Waals surface area contributed by atoms with Crippen LogP contribution in [0.1, 0.15) is 51.4 Å². The molecule has 0 bridgehead atoms. The molecule has 0 spiro atoms. The SMILES string of the molecule is CN(CCC(=O)OCC(COC(=O)CCN1CCOCC1)(COC(=O)CCN1CCOCC1)COC(=O)CCN1CCOCC1)CCC(=O)OCC(COC(=O)CCN1CCOCC1)(COC(=O)CCN1CCOCC1)COC(=O)CCN1CCOCC1. The highest BCUT2D eigenvalue weighted by atomic mass is 16.6. The van der Waals surface area contributed by atoms with E-state index in [0.29, 0.717) is 197 Å². The molecule has 6 aliphatic heterocycles. The van der Waals surface area contributed by atoms with Crippen LogP contribution in [0.25, 0.3) is 0 Å². The lowest BCUT2D eigenvalue weighted by molar-refractivity contribution is -0.174. The molecule has 88 heavy (non-hydrogen) atoms. The summed E-state index contributed by atoms with van der Waals surface area (Å²) in [5, 5.41) is 0. The predicted octanol–water partition coefficient (Wildman–Crippen LogP) is -1.65. The molecular formula is C59H99N7O22. The van der Waals surface area contributed by atoms with Gasteiger partial charge in [-0.1, -0.05) is 0 Å². The summed E-state index contributed by atoms with van der Waals surface area (Å²) in [4.78, 5) is 121. The molecule has 6 heterocycles. The number of ether oxygens (including phenoxy) is 14. The molecule has 502 valence electrons. The molecule has 0 N–H and O–H groups in total. The van der Waals surface area contributed by atoms with Crippen molar-refractivity contribution >= 4 is 47.8 Å². The molecule has 6 fully saturated rings. The average Bonchev–Trinajstić information content (AvgIpc) is 3.76. The molecule has 0 aliphatic carbocycles. The number of hydrogen-bond acceptors (Lipinski definition) is 29. The molecular weight excluding hydrogens is 1160 g/mol. The first-order chi connectivity index (χ1) is 42.7. The fourth-order valence-electron chi connectivity index (χ4n) is 10.1. The van der Waals surface area contributed by atoms with Gasteiger partial charge in [-0.25, -0.2) is 0 Å². The van der Waals surface area contributed by atoms with Crippen molar-refractivity contribution in [3.05, 3.63) is 0 Å². The van der Waals surface area contributed by atoms with Gasteiger partial charge in [0.1, 0.15) is 63.7 Å². The lowest BCUT2D eigenvalue weighted by Gasteiger charge is -2.32. The molecule has 29 heteroatoms. The molecule has 0 unspecified atom stereocenters. The Morgan fingerprint density at radius 2 is 0.420 bits per heavy atom. The van der Waals surface area contributed by atoms with E-state index in [0.717, 1.165) is 0 Å². The summed E-state index contributed by atoms with van der Waals surface area (Å²) in [7, 11) is 1.70. The van der Waals surface area contributed by atoms with Crippen molar-refractivity contribution in [3.63, 3.8) is 0 Å². The van der Waals surface area contributed by atoms with E-state index < -0.39 is 111 Å². The highest BCUT2D eigenvalue weighted by Crippen LogP contribution is 2.25. The Kier molecular flexibility index (Phi) is 34.2. The maximum Gasteiger partial charge on any atom is 0.307 e. The highest BCUT2D eigenvalue weighted by Gasteiger charge is 2.40. The van der Waals surface area contributed by atoms with E-state index in [1.54, 1.807) is 11.9 Å². The van der Waals surface area contributed by atoms with Crippen molar-refractivity contribution in [2.24, 2.45) is 10.8 Å². The van der Waals surface area contributed by atoms with Gasteiger partial charge in [-0.2, -0.15) is 0 Å². The Balaban J connectivity index is 1.06. The van der Waals surface area contributed by atoms with E-state index in [-0.39, 0.29) is 64.5 Å². The van der Waals surface area contributed by atoms with Gasteiger partial charge in [-0.15, -0.1) is 0 Å². The first kappa shape index (κ1) is 72.3. The normalized spacial score (nSPS) is 19.1. The molecule has 0 saturated carbocycles. The van der Waals surface area contributed by atoms with Crippen molar-refractivity contribution < 1.29 is 105 Å². The molecule has 6 aliphatic rings. The fourth-order valence-corrected chi connectivity index (χ4v) is 10.1. The second-order valence-corrected chi connectivity index (χ2v) is 23.3. The van der Waals surface area contributed by atoms with E-state index in [4.69, 9.17) is 66.3 Å². The minimum atomic E-state index is -1.48. The van der Waals surface area contributed by atoms with Crippen molar-refractivity contribution in [2.75, 3.05) is 270 Å². The topological polar surface area (TPSA) is 288 Å². The quantitative estimate of drug-likeness (QED) is 0.0491. The smallest absolute Gasteiger partial charge is 0.307 e. The van der Waals surface area contributed by atoms with Crippen LogP contribution in [0, 0.1) is 10.8 Å². The standard InChI is InChI=1S/C59H99N7O22/c1-60(10-2-50(67)81-42-58(44-83-52(69)4-12-61-18-30-75-31-19-61,45-84-53(70)5-13-62-20-32-76-33-21-62)46-85-54(71)6-14-63-22-34-77-35-23-63)11-3-51(68)82-43-59(47-86-55(72)7-15-64-24-36-78-37-25-64,48-87-56(73)8-16-65-26-38-79-39-27-65)49-88-57(74)9-17-66-28-40-80-41-29-66/h2-49H2,1H3. The zero-order valence-corrected chi connectivity index (χ0v) is 52.1. The van der Waals surface area contributed by atoms with E-state index in [2.05, 4.69) is 29.4 Å². The van der Waals surface area contributed by atoms with Crippen LogP contribution in [0.2, 0.25) is 0 Å². The van der Waals surface area contributed by atoms with Gasteiger partial charge in [0.15, 0.2) is 0 Å². The van der Waals surface area contributed by atoms with Crippen molar-refractivity contribution in [1.29, 1.82) is 0 Å². The second kappa shape index (κ2) is 41.6. The molecule has 0 radical (unpaired) electrons. The number of nitrogens with zero attached hydrogens (tertiary/aromatic N) is 7. The third kappa shape index (κ3) is 30.4. The van der Waals surface area contributed by atoms with Gasteiger partial charge in [0, 0.05) is 131 Å². The van der Waals surface area contributed by atoms with Crippen LogP contribution < -0.4 is 0 Å². The maximum absolute atomic E-state index is 13.6. The summed E-state index contributed by atoms with van der Waals surface area (Å²) >= 11 is 0.